The molecule has 39 heavy (non-hydrogen) atoms. The fourth-order valence-electron chi connectivity index (χ4n) is 7.12. The van der Waals surface area contributed by atoms with Crippen molar-refractivity contribution in [2.45, 2.75) is 95.9 Å². The summed E-state index contributed by atoms with van der Waals surface area (Å²) < 4.78 is 5.77. The Morgan fingerprint density at radius 2 is 1.77 bits per heavy atom. The van der Waals surface area contributed by atoms with E-state index < -0.39 is 0 Å². The fraction of sp³-hybridized carbons (Fsp3) is 0.581. The van der Waals surface area contributed by atoms with E-state index in [1.165, 1.54) is 5.56 Å². The van der Waals surface area contributed by atoms with Crippen LogP contribution in [0.25, 0.3) is 0 Å². The maximum absolute atomic E-state index is 13.2. The lowest BCUT2D eigenvalue weighted by Gasteiger charge is -2.40. The molecule has 2 aromatic rings. The van der Waals surface area contributed by atoms with E-state index in [4.69, 9.17) is 9.72 Å². The van der Waals surface area contributed by atoms with E-state index in [0.29, 0.717) is 35.9 Å². The van der Waals surface area contributed by atoms with Gasteiger partial charge in [-0.3, -0.25) is 14.5 Å². The van der Waals surface area contributed by atoms with Crippen LogP contribution in [0.4, 0.5) is 5.82 Å². The zero-order valence-corrected chi connectivity index (χ0v) is 23.4. The molecular weight excluding hydrogens is 490 g/mol. The smallest absolute Gasteiger partial charge is 0.253 e. The lowest BCUT2D eigenvalue weighted by Crippen LogP contribution is -2.51. The van der Waals surface area contributed by atoms with Crippen molar-refractivity contribution in [1.29, 1.82) is 0 Å². The first kappa shape index (κ1) is 26.1. The van der Waals surface area contributed by atoms with Gasteiger partial charge in [0.05, 0.1) is 12.2 Å². The summed E-state index contributed by atoms with van der Waals surface area (Å²) in [6, 6.07) is 9.39. The monoisotopic (exact) mass is 531 g/mol. The van der Waals surface area contributed by atoms with Crippen LogP contribution in [0.2, 0.25) is 0 Å². The normalized spacial score (nSPS) is 26.3. The molecule has 8 nitrogen and oxygen atoms in total. The number of aromatic nitrogens is 1. The van der Waals surface area contributed by atoms with Crippen molar-refractivity contribution in [1.82, 2.24) is 20.5 Å². The molecule has 3 fully saturated rings. The molecule has 0 spiro atoms. The number of nitrogens with one attached hydrogen (secondary N) is 2. The van der Waals surface area contributed by atoms with Crippen LogP contribution in [-0.4, -0.2) is 71.6 Å². The summed E-state index contributed by atoms with van der Waals surface area (Å²) in [4.78, 5) is 35.7. The van der Waals surface area contributed by atoms with Crippen molar-refractivity contribution in [2.75, 3.05) is 24.6 Å². The molecule has 1 unspecified atom stereocenters. The van der Waals surface area contributed by atoms with Crippen LogP contribution in [-0.2, 0) is 6.42 Å². The third-order valence-corrected chi connectivity index (χ3v) is 9.21. The summed E-state index contributed by atoms with van der Waals surface area (Å²) >= 11 is 0. The molecule has 5 heterocycles. The average Bonchev–Trinajstić information content (AvgIpc) is 3.52. The number of benzene rings is 1. The number of amides is 2. The van der Waals surface area contributed by atoms with E-state index in [-0.39, 0.29) is 23.9 Å². The number of anilines is 1. The van der Waals surface area contributed by atoms with Gasteiger partial charge in [0.1, 0.15) is 11.6 Å². The number of pyridine rings is 1. The summed E-state index contributed by atoms with van der Waals surface area (Å²) in [6.45, 7) is 9.11. The van der Waals surface area contributed by atoms with E-state index in [9.17, 15) is 9.59 Å². The quantitative estimate of drug-likeness (QED) is 0.589. The number of likely N-dealkylation sites (tertiary alicyclic amines) is 1. The van der Waals surface area contributed by atoms with Gasteiger partial charge in [0.2, 0.25) is 0 Å². The number of rotatable bonds is 6. The second-order valence-electron chi connectivity index (χ2n) is 12.1. The Hall–Kier alpha value is -3.13. The standard InChI is InChI=1S/C31H41N5O3/c1-19(2)35-13-4-5-23(18-35)33-30(37)22-7-11-28(32-17-22)36-25-8-9-26(36)16-24(15-25)34-31(38)27-10-6-21-12-14-39-29(21)20(27)3/h6-7,10-11,17,19,23-26H,4-5,8-9,12-16,18H2,1-3H3,(H,33,37)(H,34,38)/t23-,24?,25-,26+/m1/s1. The molecule has 0 saturated carbocycles. The van der Waals surface area contributed by atoms with Crippen molar-refractivity contribution in [3.63, 3.8) is 0 Å². The van der Waals surface area contributed by atoms with Crippen molar-refractivity contribution in [2.24, 2.45) is 0 Å². The van der Waals surface area contributed by atoms with Gasteiger partial charge in [-0.05, 0) is 89.6 Å². The molecular formula is C31H41N5O3. The van der Waals surface area contributed by atoms with Gasteiger partial charge in [0.15, 0.2) is 0 Å². The molecule has 2 bridgehead atoms. The minimum absolute atomic E-state index is 0.00776. The van der Waals surface area contributed by atoms with Crippen molar-refractivity contribution in [3.8, 4) is 5.75 Å². The number of ether oxygens (including phenoxy) is 1. The Morgan fingerprint density at radius 3 is 2.49 bits per heavy atom. The van der Waals surface area contributed by atoms with E-state index in [1.807, 2.05) is 31.2 Å². The van der Waals surface area contributed by atoms with E-state index in [1.54, 1.807) is 6.20 Å². The maximum atomic E-state index is 13.2. The first-order valence-corrected chi connectivity index (χ1v) is 14.7. The Bertz CT molecular complexity index is 1220. The number of nitrogens with zero attached hydrogens (tertiary/aromatic N) is 3. The molecule has 6 rings (SSSR count). The van der Waals surface area contributed by atoms with Gasteiger partial charge in [-0.25, -0.2) is 4.98 Å². The number of fused-ring (bicyclic) bond motifs is 3. The van der Waals surface area contributed by atoms with Gasteiger partial charge in [0, 0.05) is 60.5 Å². The predicted octanol–water partition coefficient (Wildman–Crippen LogP) is 3.86. The molecule has 208 valence electrons. The van der Waals surface area contributed by atoms with Crippen molar-refractivity contribution in [3.05, 3.63) is 52.7 Å². The molecule has 4 aliphatic heterocycles. The number of carbonyl (C=O) groups excluding carboxylic acids is 2. The first-order chi connectivity index (χ1) is 18.9. The number of hydrogen-bond donors (Lipinski definition) is 2. The predicted molar refractivity (Wildman–Crippen MR) is 152 cm³/mol. The fourth-order valence-corrected chi connectivity index (χ4v) is 7.12. The maximum Gasteiger partial charge on any atom is 0.253 e. The van der Waals surface area contributed by atoms with E-state index >= 15 is 0 Å². The van der Waals surface area contributed by atoms with Crippen LogP contribution >= 0.6 is 0 Å². The zero-order chi connectivity index (χ0) is 27.1. The summed E-state index contributed by atoms with van der Waals surface area (Å²) in [5.74, 6) is 1.77. The van der Waals surface area contributed by atoms with Gasteiger partial charge in [0.25, 0.3) is 11.8 Å². The van der Waals surface area contributed by atoms with Crippen molar-refractivity contribution >= 4 is 17.6 Å². The SMILES string of the molecule is Cc1c(C(=O)NC2C[C@H]3CC[C@@H](C2)N3c2ccc(C(=O)N[C@@H]3CCCN(C(C)C)C3)cn2)ccc2c1OCC2. The Labute approximate surface area is 231 Å². The van der Waals surface area contributed by atoms with Crippen LogP contribution in [0.3, 0.4) is 0 Å². The average molecular weight is 532 g/mol. The first-order valence-electron chi connectivity index (χ1n) is 14.7. The topological polar surface area (TPSA) is 86.8 Å². The number of carbonyl (C=O) groups is 2. The molecule has 0 aliphatic carbocycles. The number of piperidine rings is 2. The van der Waals surface area contributed by atoms with Crippen LogP contribution in [0.15, 0.2) is 30.5 Å². The van der Waals surface area contributed by atoms with Crippen LogP contribution in [0.1, 0.15) is 84.2 Å². The molecule has 4 aliphatic rings. The Balaban J connectivity index is 1.06. The van der Waals surface area contributed by atoms with Gasteiger partial charge >= 0.3 is 0 Å². The summed E-state index contributed by atoms with van der Waals surface area (Å²) in [5.41, 5.74) is 3.46. The summed E-state index contributed by atoms with van der Waals surface area (Å²) in [5, 5.41) is 6.54. The van der Waals surface area contributed by atoms with E-state index in [0.717, 1.165) is 75.2 Å². The molecule has 4 atom stereocenters. The second-order valence-corrected chi connectivity index (χ2v) is 12.1. The zero-order valence-electron chi connectivity index (χ0n) is 23.4. The summed E-state index contributed by atoms with van der Waals surface area (Å²) in [6.07, 6.45) is 8.77. The minimum atomic E-state index is -0.0405. The molecule has 0 radical (unpaired) electrons. The van der Waals surface area contributed by atoms with E-state index in [2.05, 4.69) is 34.3 Å². The summed E-state index contributed by atoms with van der Waals surface area (Å²) in [7, 11) is 0. The molecule has 1 aromatic carbocycles. The Kier molecular flexibility index (Phi) is 7.23. The lowest BCUT2D eigenvalue weighted by atomic mass is 9.96. The van der Waals surface area contributed by atoms with Crippen molar-refractivity contribution < 1.29 is 14.3 Å². The number of hydrogen-bond acceptors (Lipinski definition) is 6. The second kappa shape index (κ2) is 10.8. The van der Waals surface area contributed by atoms with Gasteiger partial charge in [-0.15, -0.1) is 0 Å². The lowest BCUT2D eigenvalue weighted by molar-refractivity contribution is 0.0885. The molecule has 1 aromatic heterocycles. The molecule has 8 heteroatoms. The molecule has 2 N–H and O–H groups in total. The highest BCUT2D eigenvalue weighted by Gasteiger charge is 2.42. The highest BCUT2D eigenvalue weighted by Crippen LogP contribution is 2.39. The largest absolute Gasteiger partial charge is 0.493 e. The molecule has 3 saturated heterocycles. The Morgan fingerprint density at radius 1 is 1.00 bits per heavy atom. The van der Waals surface area contributed by atoms with Crippen LogP contribution in [0, 0.1) is 6.92 Å². The van der Waals surface area contributed by atoms with Crippen LogP contribution in [0.5, 0.6) is 5.75 Å². The van der Waals surface area contributed by atoms with Gasteiger partial charge in [-0.2, -0.15) is 0 Å². The third-order valence-electron chi connectivity index (χ3n) is 9.21. The highest BCUT2D eigenvalue weighted by molar-refractivity contribution is 5.97. The molecule has 2 amide bonds. The highest BCUT2D eigenvalue weighted by atomic mass is 16.5. The van der Waals surface area contributed by atoms with Gasteiger partial charge in [-0.1, -0.05) is 6.07 Å². The minimum Gasteiger partial charge on any atom is -0.493 e. The third kappa shape index (κ3) is 5.23. The van der Waals surface area contributed by atoms with Crippen LogP contribution < -0.4 is 20.3 Å². The van der Waals surface area contributed by atoms with Gasteiger partial charge < -0.3 is 20.3 Å².